The quantitative estimate of drug-likeness (QED) is 0.877. The van der Waals surface area contributed by atoms with Gasteiger partial charge in [-0.05, 0) is 49.1 Å². The van der Waals surface area contributed by atoms with Crippen LogP contribution in [0.2, 0.25) is 0 Å². The number of fused-ring (bicyclic) bond motifs is 1. The number of aromatic nitrogens is 2. The Labute approximate surface area is 100 Å². The van der Waals surface area contributed by atoms with Gasteiger partial charge in [-0.15, -0.1) is 0 Å². The number of nitrogens with zero attached hydrogens (tertiary/aromatic N) is 2. The molecule has 0 bridgehead atoms. The molecule has 1 N–H and O–H groups in total. The molecule has 1 unspecified atom stereocenters. The summed E-state index contributed by atoms with van der Waals surface area (Å²) in [5.74, 6) is 1.14. The van der Waals surface area contributed by atoms with Crippen LogP contribution in [-0.2, 0) is 0 Å². The summed E-state index contributed by atoms with van der Waals surface area (Å²) < 4.78 is 2.08. The zero-order valence-electron chi connectivity index (χ0n) is 9.71. The SMILES string of the molecule is OC(c1c(C2CC2)ccc2cncn12)C1CC1. The Balaban J connectivity index is 1.93. The number of imidazole rings is 1. The van der Waals surface area contributed by atoms with Gasteiger partial charge in [0.05, 0.1) is 29.8 Å². The van der Waals surface area contributed by atoms with Crippen molar-refractivity contribution in [3.63, 3.8) is 0 Å². The molecular formula is C14H16N2O. The van der Waals surface area contributed by atoms with Crippen LogP contribution in [0.5, 0.6) is 0 Å². The van der Waals surface area contributed by atoms with Crippen molar-refractivity contribution >= 4 is 5.52 Å². The lowest BCUT2D eigenvalue weighted by molar-refractivity contribution is 0.146. The molecule has 0 radical (unpaired) electrons. The Morgan fingerprint density at radius 1 is 1.24 bits per heavy atom. The van der Waals surface area contributed by atoms with Gasteiger partial charge in [0, 0.05) is 0 Å². The van der Waals surface area contributed by atoms with Gasteiger partial charge in [0.15, 0.2) is 0 Å². The largest absolute Gasteiger partial charge is 0.387 e. The van der Waals surface area contributed by atoms with E-state index in [0.29, 0.717) is 11.8 Å². The van der Waals surface area contributed by atoms with Gasteiger partial charge in [0.25, 0.3) is 0 Å². The predicted octanol–water partition coefficient (Wildman–Crippen LogP) is 2.66. The molecule has 3 heteroatoms. The number of pyridine rings is 1. The average Bonchev–Trinajstić information content (AvgIpc) is 3.23. The monoisotopic (exact) mass is 228 g/mol. The molecule has 0 aliphatic heterocycles. The van der Waals surface area contributed by atoms with Crippen LogP contribution in [0.3, 0.4) is 0 Å². The van der Waals surface area contributed by atoms with Crippen LogP contribution < -0.4 is 0 Å². The maximum absolute atomic E-state index is 10.5. The van der Waals surface area contributed by atoms with Crippen molar-refractivity contribution in [2.45, 2.75) is 37.7 Å². The van der Waals surface area contributed by atoms with Gasteiger partial charge in [-0.1, -0.05) is 6.07 Å². The second kappa shape index (κ2) is 3.33. The highest BCUT2D eigenvalue weighted by Crippen LogP contribution is 2.47. The molecule has 1 atom stereocenters. The van der Waals surface area contributed by atoms with E-state index < -0.39 is 0 Å². The van der Waals surface area contributed by atoms with E-state index in [1.807, 2.05) is 12.5 Å². The highest BCUT2D eigenvalue weighted by Gasteiger charge is 2.36. The molecule has 2 aliphatic rings. The molecule has 0 aromatic carbocycles. The third-order valence-electron chi connectivity index (χ3n) is 4.02. The number of aliphatic hydroxyl groups excluding tert-OH is 1. The Hall–Kier alpha value is -1.35. The second-order valence-electron chi connectivity index (χ2n) is 5.42. The third kappa shape index (κ3) is 1.49. The van der Waals surface area contributed by atoms with E-state index in [-0.39, 0.29) is 6.10 Å². The van der Waals surface area contributed by atoms with Crippen LogP contribution in [0, 0.1) is 5.92 Å². The van der Waals surface area contributed by atoms with Gasteiger partial charge in [0.2, 0.25) is 0 Å². The second-order valence-corrected chi connectivity index (χ2v) is 5.42. The van der Waals surface area contributed by atoms with E-state index in [9.17, 15) is 5.11 Å². The van der Waals surface area contributed by atoms with Gasteiger partial charge in [-0.25, -0.2) is 4.98 Å². The topological polar surface area (TPSA) is 37.5 Å². The molecule has 88 valence electrons. The van der Waals surface area contributed by atoms with Gasteiger partial charge >= 0.3 is 0 Å². The van der Waals surface area contributed by atoms with E-state index in [1.54, 1.807) is 0 Å². The van der Waals surface area contributed by atoms with Crippen LogP contribution in [0.15, 0.2) is 24.7 Å². The Kier molecular flexibility index (Phi) is 1.89. The van der Waals surface area contributed by atoms with Crippen LogP contribution in [-0.4, -0.2) is 14.5 Å². The highest BCUT2D eigenvalue weighted by molar-refractivity contribution is 5.50. The van der Waals surface area contributed by atoms with Crippen molar-refractivity contribution in [3.05, 3.63) is 35.9 Å². The zero-order valence-corrected chi connectivity index (χ0v) is 9.71. The van der Waals surface area contributed by atoms with Crippen molar-refractivity contribution in [3.8, 4) is 0 Å². The molecule has 2 aromatic heterocycles. The van der Waals surface area contributed by atoms with Crippen molar-refractivity contribution < 1.29 is 5.11 Å². The molecule has 17 heavy (non-hydrogen) atoms. The van der Waals surface area contributed by atoms with E-state index in [4.69, 9.17) is 0 Å². The summed E-state index contributed by atoms with van der Waals surface area (Å²) in [6, 6.07) is 4.30. The Morgan fingerprint density at radius 2 is 2.06 bits per heavy atom. The fraction of sp³-hybridized carbons (Fsp3) is 0.500. The summed E-state index contributed by atoms with van der Waals surface area (Å²) in [5.41, 5.74) is 3.53. The molecule has 2 aromatic rings. The number of hydrogen-bond donors (Lipinski definition) is 1. The minimum Gasteiger partial charge on any atom is -0.387 e. The summed E-state index contributed by atoms with van der Waals surface area (Å²) in [6.45, 7) is 0. The molecule has 0 saturated heterocycles. The lowest BCUT2D eigenvalue weighted by Gasteiger charge is -2.17. The fourth-order valence-corrected chi connectivity index (χ4v) is 2.72. The lowest BCUT2D eigenvalue weighted by Crippen LogP contribution is -2.09. The highest BCUT2D eigenvalue weighted by atomic mass is 16.3. The van der Waals surface area contributed by atoms with Gasteiger partial charge in [-0.2, -0.15) is 0 Å². The summed E-state index contributed by atoms with van der Waals surface area (Å²) in [6.07, 6.45) is 8.26. The molecule has 3 nitrogen and oxygen atoms in total. The molecular weight excluding hydrogens is 212 g/mol. The molecule has 0 spiro atoms. The van der Waals surface area contributed by atoms with Crippen LogP contribution in [0.25, 0.3) is 5.52 Å². The maximum Gasteiger partial charge on any atom is 0.0995 e. The Bertz CT molecular complexity index is 567. The number of rotatable bonds is 3. The molecule has 2 fully saturated rings. The standard InChI is InChI=1S/C14H16N2O/c17-14(10-3-4-10)13-12(9-1-2-9)6-5-11-7-15-8-16(11)13/h5-10,14,17H,1-4H2. The van der Waals surface area contributed by atoms with E-state index in [0.717, 1.165) is 24.1 Å². The summed E-state index contributed by atoms with van der Waals surface area (Å²) in [7, 11) is 0. The first-order valence-electron chi connectivity index (χ1n) is 6.47. The van der Waals surface area contributed by atoms with Crippen LogP contribution >= 0.6 is 0 Å². The van der Waals surface area contributed by atoms with Gasteiger partial charge in [-0.3, -0.25) is 0 Å². The Morgan fingerprint density at radius 3 is 2.76 bits per heavy atom. The van der Waals surface area contributed by atoms with Crippen molar-refractivity contribution in [1.82, 2.24) is 9.38 Å². The molecule has 4 rings (SSSR count). The normalized spacial score (nSPS) is 21.9. The first-order valence-corrected chi connectivity index (χ1v) is 6.47. The van der Waals surface area contributed by atoms with Crippen molar-refractivity contribution in [2.24, 2.45) is 5.92 Å². The lowest BCUT2D eigenvalue weighted by atomic mass is 10.0. The smallest absolute Gasteiger partial charge is 0.0995 e. The van der Waals surface area contributed by atoms with Gasteiger partial charge in [0.1, 0.15) is 0 Å². The third-order valence-corrected chi connectivity index (χ3v) is 4.02. The number of aliphatic hydroxyl groups is 1. The average molecular weight is 228 g/mol. The van der Waals surface area contributed by atoms with Crippen molar-refractivity contribution in [1.29, 1.82) is 0 Å². The molecule has 2 saturated carbocycles. The van der Waals surface area contributed by atoms with Crippen LogP contribution in [0.4, 0.5) is 0 Å². The predicted molar refractivity (Wildman–Crippen MR) is 64.9 cm³/mol. The van der Waals surface area contributed by atoms with Crippen molar-refractivity contribution in [2.75, 3.05) is 0 Å². The van der Waals surface area contributed by atoms with E-state index in [1.165, 1.54) is 18.4 Å². The minimum absolute atomic E-state index is 0.302. The minimum atomic E-state index is -0.302. The first kappa shape index (κ1) is 9.66. The molecule has 2 heterocycles. The van der Waals surface area contributed by atoms with E-state index in [2.05, 4.69) is 21.5 Å². The number of hydrogen-bond acceptors (Lipinski definition) is 2. The molecule has 0 amide bonds. The fourth-order valence-electron chi connectivity index (χ4n) is 2.72. The maximum atomic E-state index is 10.5. The summed E-state index contributed by atoms with van der Waals surface area (Å²) in [5, 5.41) is 10.5. The van der Waals surface area contributed by atoms with E-state index >= 15 is 0 Å². The summed E-state index contributed by atoms with van der Waals surface area (Å²) >= 11 is 0. The first-order chi connectivity index (χ1) is 8.34. The summed E-state index contributed by atoms with van der Waals surface area (Å²) in [4.78, 5) is 4.20. The zero-order chi connectivity index (χ0) is 11.4. The van der Waals surface area contributed by atoms with Gasteiger partial charge < -0.3 is 9.51 Å². The van der Waals surface area contributed by atoms with Crippen LogP contribution in [0.1, 0.15) is 49.0 Å². The molecule has 2 aliphatic carbocycles.